The zero-order valence-electron chi connectivity index (χ0n) is 11.8. The maximum Gasteiger partial charge on any atom is 0.133 e. The van der Waals surface area contributed by atoms with Gasteiger partial charge in [0.15, 0.2) is 0 Å². The summed E-state index contributed by atoms with van der Waals surface area (Å²) in [6.07, 6.45) is 8.26. The highest BCUT2D eigenvalue weighted by Crippen LogP contribution is 2.43. The van der Waals surface area contributed by atoms with Crippen molar-refractivity contribution >= 4 is 0 Å². The van der Waals surface area contributed by atoms with E-state index >= 15 is 0 Å². The third kappa shape index (κ3) is 2.95. The molecule has 3 rings (SSSR count). The lowest BCUT2D eigenvalue weighted by Gasteiger charge is -2.17. The lowest BCUT2D eigenvalue weighted by Crippen LogP contribution is -2.20. The standard InChI is InChI=1S/C15H23N3O/c1-10(2)6-16-7-11-8-17-15(18-9-11)13-5-12-3-4-14(13)19-12/h8-10,12-14,16H,3-7H2,1-2H3. The molecule has 3 unspecified atom stereocenters. The Hall–Kier alpha value is -1.00. The normalized spacial score (nSPS) is 29.3. The molecule has 19 heavy (non-hydrogen) atoms. The fraction of sp³-hybridized carbons (Fsp3) is 0.733. The van der Waals surface area contributed by atoms with Crippen LogP contribution in [-0.2, 0) is 11.3 Å². The van der Waals surface area contributed by atoms with Crippen molar-refractivity contribution in [1.29, 1.82) is 0 Å². The predicted octanol–water partition coefficient (Wildman–Crippen LogP) is 2.26. The molecule has 1 aromatic heterocycles. The Kier molecular flexibility index (Phi) is 3.80. The molecule has 0 spiro atoms. The van der Waals surface area contributed by atoms with Gasteiger partial charge in [-0.3, -0.25) is 0 Å². The van der Waals surface area contributed by atoms with Crippen LogP contribution in [0.3, 0.4) is 0 Å². The van der Waals surface area contributed by atoms with E-state index in [1.54, 1.807) is 0 Å². The van der Waals surface area contributed by atoms with Gasteiger partial charge in [-0.2, -0.15) is 0 Å². The Bertz CT molecular complexity index is 418. The second-order valence-corrected chi connectivity index (χ2v) is 6.19. The minimum Gasteiger partial charge on any atom is -0.374 e. The number of aromatic nitrogens is 2. The molecule has 2 bridgehead atoms. The van der Waals surface area contributed by atoms with Gasteiger partial charge in [-0.15, -0.1) is 0 Å². The summed E-state index contributed by atoms with van der Waals surface area (Å²) >= 11 is 0. The van der Waals surface area contributed by atoms with E-state index in [0.29, 0.717) is 24.0 Å². The number of ether oxygens (including phenoxy) is 1. The molecule has 2 fully saturated rings. The summed E-state index contributed by atoms with van der Waals surface area (Å²) in [6.45, 7) is 6.30. The van der Waals surface area contributed by atoms with E-state index in [2.05, 4.69) is 29.1 Å². The Labute approximate surface area is 115 Å². The molecule has 0 aliphatic carbocycles. The lowest BCUT2D eigenvalue weighted by molar-refractivity contribution is 0.0998. The smallest absolute Gasteiger partial charge is 0.133 e. The Morgan fingerprint density at radius 1 is 1.32 bits per heavy atom. The van der Waals surface area contributed by atoms with Crippen LogP contribution in [0, 0.1) is 5.92 Å². The predicted molar refractivity (Wildman–Crippen MR) is 73.8 cm³/mol. The molecule has 1 aromatic rings. The van der Waals surface area contributed by atoms with Gasteiger partial charge < -0.3 is 10.1 Å². The first kappa shape index (κ1) is 13.0. The van der Waals surface area contributed by atoms with E-state index in [-0.39, 0.29) is 0 Å². The Morgan fingerprint density at radius 3 is 2.68 bits per heavy atom. The summed E-state index contributed by atoms with van der Waals surface area (Å²) in [7, 11) is 0. The van der Waals surface area contributed by atoms with Crippen LogP contribution < -0.4 is 5.32 Å². The van der Waals surface area contributed by atoms with Gasteiger partial charge in [-0.05, 0) is 31.7 Å². The van der Waals surface area contributed by atoms with Crippen molar-refractivity contribution in [2.24, 2.45) is 5.92 Å². The fourth-order valence-corrected chi connectivity index (χ4v) is 3.06. The van der Waals surface area contributed by atoms with Gasteiger partial charge in [0.1, 0.15) is 5.82 Å². The molecule has 1 N–H and O–H groups in total. The minimum absolute atomic E-state index is 0.370. The van der Waals surface area contributed by atoms with Crippen LogP contribution in [0.25, 0.3) is 0 Å². The Balaban J connectivity index is 1.57. The Morgan fingerprint density at radius 2 is 2.11 bits per heavy atom. The number of fused-ring (bicyclic) bond motifs is 2. The summed E-state index contributed by atoms with van der Waals surface area (Å²) in [5.41, 5.74) is 1.16. The molecule has 0 saturated carbocycles. The van der Waals surface area contributed by atoms with Crippen LogP contribution in [0.15, 0.2) is 12.4 Å². The van der Waals surface area contributed by atoms with Crippen molar-refractivity contribution in [3.63, 3.8) is 0 Å². The van der Waals surface area contributed by atoms with E-state index < -0.39 is 0 Å². The van der Waals surface area contributed by atoms with Gasteiger partial charge in [0.05, 0.1) is 12.2 Å². The van der Waals surface area contributed by atoms with Crippen LogP contribution in [-0.4, -0.2) is 28.7 Å². The van der Waals surface area contributed by atoms with Crippen molar-refractivity contribution in [1.82, 2.24) is 15.3 Å². The third-order valence-electron chi connectivity index (χ3n) is 4.04. The molecule has 3 atom stereocenters. The van der Waals surface area contributed by atoms with Gasteiger partial charge in [-0.25, -0.2) is 9.97 Å². The van der Waals surface area contributed by atoms with E-state index in [4.69, 9.17) is 4.74 Å². The highest BCUT2D eigenvalue weighted by atomic mass is 16.5. The van der Waals surface area contributed by atoms with E-state index in [9.17, 15) is 0 Å². The molecular weight excluding hydrogens is 238 g/mol. The van der Waals surface area contributed by atoms with Crippen molar-refractivity contribution in [3.05, 3.63) is 23.8 Å². The second-order valence-electron chi connectivity index (χ2n) is 6.19. The average molecular weight is 261 g/mol. The molecule has 0 amide bonds. The largest absolute Gasteiger partial charge is 0.374 e. The molecule has 4 heteroatoms. The number of nitrogens with zero attached hydrogens (tertiary/aromatic N) is 2. The number of hydrogen-bond acceptors (Lipinski definition) is 4. The molecule has 4 nitrogen and oxygen atoms in total. The summed E-state index contributed by atoms with van der Waals surface area (Å²) in [4.78, 5) is 9.09. The average Bonchev–Trinajstić information content (AvgIpc) is 3.01. The van der Waals surface area contributed by atoms with Crippen molar-refractivity contribution < 1.29 is 4.74 Å². The molecule has 2 saturated heterocycles. The zero-order chi connectivity index (χ0) is 13.2. The van der Waals surface area contributed by atoms with Gasteiger partial charge in [0, 0.05) is 30.4 Å². The molecule has 0 aromatic carbocycles. The van der Waals surface area contributed by atoms with Gasteiger partial charge in [0.2, 0.25) is 0 Å². The summed E-state index contributed by atoms with van der Waals surface area (Å²) < 4.78 is 5.87. The zero-order valence-corrected chi connectivity index (χ0v) is 11.8. The van der Waals surface area contributed by atoms with Crippen LogP contribution in [0.2, 0.25) is 0 Å². The number of nitrogens with one attached hydrogen (secondary N) is 1. The van der Waals surface area contributed by atoms with Crippen molar-refractivity contribution in [2.75, 3.05) is 6.54 Å². The minimum atomic E-state index is 0.370. The molecule has 2 aliphatic rings. The summed E-state index contributed by atoms with van der Waals surface area (Å²) in [5.74, 6) is 2.07. The first-order chi connectivity index (χ1) is 9.22. The monoisotopic (exact) mass is 261 g/mol. The van der Waals surface area contributed by atoms with E-state index in [0.717, 1.165) is 30.9 Å². The SMILES string of the molecule is CC(C)CNCc1cnc(C2CC3CCC2O3)nc1. The first-order valence-electron chi connectivity index (χ1n) is 7.39. The quantitative estimate of drug-likeness (QED) is 0.883. The van der Waals surface area contributed by atoms with Crippen molar-refractivity contribution in [3.8, 4) is 0 Å². The first-order valence-corrected chi connectivity index (χ1v) is 7.39. The van der Waals surface area contributed by atoms with Crippen LogP contribution >= 0.6 is 0 Å². The van der Waals surface area contributed by atoms with E-state index in [1.807, 2.05) is 12.4 Å². The highest BCUT2D eigenvalue weighted by molar-refractivity contribution is 5.11. The third-order valence-corrected chi connectivity index (χ3v) is 4.04. The molecule has 3 heterocycles. The van der Waals surface area contributed by atoms with Crippen LogP contribution in [0.4, 0.5) is 0 Å². The molecule has 2 aliphatic heterocycles. The summed E-state index contributed by atoms with van der Waals surface area (Å²) in [6, 6.07) is 0. The maximum atomic E-state index is 5.87. The molecule has 0 radical (unpaired) electrons. The van der Waals surface area contributed by atoms with Gasteiger partial charge in [-0.1, -0.05) is 13.8 Å². The van der Waals surface area contributed by atoms with Crippen LogP contribution in [0.1, 0.15) is 50.4 Å². The highest BCUT2D eigenvalue weighted by Gasteiger charge is 2.42. The topological polar surface area (TPSA) is 47.0 Å². The van der Waals surface area contributed by atoms with Gasteiger partial charge >= 0.3 is 0 Å². The fourth-order valence-electron chi connectivity index (χ4n) is 3.06. The van der Waals surface area contributed by atoms with Crippen LogP contribution in [0.5, 0.6) is 0 Å². The molecule has 104 valence electrons. The van der Waals surface area contributed by atoms with E-state index in [1.165, 1.54) is 12.8 Å². The summed E-state index contributed by atoms with van der Waals surface area (Å²) in [5, 5.41) is 3.41. The van der Waals surface area contributed by atoms with Gasteiger partial charge in [0.25, 0.3) is 0 Å². The number of rotatable bonds is 5. The van der Waals surface area contributed by atoms with Crippen molar-refractivity contribution in [2.45, 2.75) is 57.8 Å². The lowest BCUT2D eigenvalue weighted by atomic mass is 9.88. The second kappa shape index (κ2) is 5.55. The molecular formula is C15H23N3O. The maximum absolute atomic E-state index is 5.87. The number of hydrogen-bond donors (Lipinski definition) is 1.